The van der Waals surface area contributed by atoms with Gasteiger partial charge in [-0.2, -0.15) is 0 Å². The molecule has 25 heavy (non-hydrogen) atoms. The number of pyridine rings is 1. The number of likely N-dealkylation sites (tertiary alicyclic amines) is 1. The van der Waals surface area contributed by atoms with E-state index in [1.807, 2.05) is 31.2 Å². The van der Waals surface area contributed by atoms with Crippen LogP contribution in [0.1, 0.15) is 42.2 Å². The summed E-state index contributed by atoms with van der Waals surface area (Å²) in [6.07, 6.45) is 3.22. The molecule has 5 nitrogen and oxygen atoms in total. The number of benzene rings is 1. The maximum absolute atomic E-state index is 12.7. The number of carbonyl (C=O) groups is 1. The van der Waals surface area contributed by atoms with E-state index in [4.69, 9.17) is 4.74 Å². The summed E-state index contributed by atoms with van der Waals surface area (Å²) in [6.45, 7) is 7.37. The lowest BCUT2D eigenvalue weighted by Gasteiger charge is -2.32. The van der Waals surface area contributed by atoms with E-state index < -0.39 is 0 Å². The maximum atomic E-state index is 12.7. The third-order valence-electron chi connectivity index (χ3n) is 4.92. The van der Waals surface area contributed by atoms with Crippen LogP contribution < -0.4 is 10.1 Å². The van der Waals surface area contributed by atoms with E-state index in [1.165, 1.54) is 6.42 Å². The monoisotopic (exact) mass is 341 g/mol. The summed E-state index contributed by atoms with van der Waals surface area (Å²) in [5.41, 5.74) is 2.26. The van der Waals surface area contributed by atoms with Crippen LogP contribution in [0.5, 0.6) is 5.75 Å². The molecule has 5 heteroatoms. The average Bonchev–Trinajstić information content (AvgIpc) is 2.62. The number of aryl methyl sites for hydroxylation is 1. The van der Waals surface area contributed by atoms with Gasteiger partial charge in [0.1, 0.15) is 5.75 Å². The summed E-state index contributed by atoms with van der Waals surface area (Å²) < 4.78 is 5.24. The number of aromatic nitrogens is 1. The van der Waals surface area contributed by atoms with E-state index >= 15 is 0 Å². The lowest BCUT2D eigenvalue weighted by molar-refractivity contribution is 0.0910. The van der Waals surface area contributed by atoms with Gasteiger partial charge in [-0.05, 0) is 50.9 Å². The molecule has 1 saturated heterocycles. The van der Waals surface area contributed by atoms with E-state index in [0.29, 0.717) is 5.56 Å². The van der Waals surface area contributed by atoms with Gasteiger partial charge in [0.2, 0.25) is 0 Å². The molecule has 2 heterocycles. The summed E-state index contributed by atoms with van der Waals surface area (Å²) in [5.74, 6) is 0.757. The number of rotatable bonds is 5. The van der Waals surface area contributed by atoms with Gasteiger partial charge in [-0.1, -0.05) is 6.92 Å². The molecule has 3 rings (SSSR count). The van der Waals surface area contributed by atoms with E-state index in [2.05, 4.69) is 22.1 Å². The smallest absolute Gasteiger partial charge is 0.253 e. The molecule has 0 aliphatic carbocycles. The fourth-order valence-corrected chi connectivity index (χ4v) is 3.48. The number of nitrogens with zero attached hydrogens (tertiary/aromatic N) is 2. The van der Waals surface area contributed by atoms with Crippen LogP contribution in [0.4, 0.5) is 0 Å². The Morgan fingerprint density at radius 1 is 1.32 bits per heavy atom. The van der Waals surface area contributed by atoms with Crippen LogP contribution in [0.3, 0.4) is 0 Å². The molecule has 0 spiro atoms. The lowest BCUT2D eigenvalue weighted by Crippen LogP contribution is -2.44. The highest BCUT2D eigenvalue weighted by Crippen LogP contribution is 2.22. The summed E-state index contributed by atoms with van der Waals surface area (Å²) in [4.78, 5) is 19.8. The Kier molecular flexibility index (Phi) is 5.53. The van der Waals surface area contributed by atoms with Crippen LogP contribution in [0.15, 0.2) is 24.3 Å². The summed E-state index contributed by atoms with van der Waals surface area (Å²) in [7, 11) is 1.64. The first-order valence-electron chi connectivity index (χ1n) is 9.09. The second kappa shape index (κ2) is 7.83. The van der Waals surface area contributed by atoms with E-state index in [9.17, 15) is 4.79 Å². The molecule has 1 aliphatic heterocycles. The van der Waals surface area contributed by atoms with Gasteiger partial charge in [0.25, 0.3) is 5.91 Å². The molecule has 1 aliphatic rings. The first-order valence-corrected chi connectivity index (χ1v) is 9.09. The second-order valence-corrected chi connectivity index (χ2v) is 6.77. The predicted octanol–water partition coefficient (Wildman–Crippen LogP) is 3.16. The van der Waals surface area contributed by atoms with Crippen molar-refractivity contribution < 1.29 is 9.53 Å². The molecular weight excluding hydrogens is 314 g/mol. The molecule has 1 fully saturated rings. The SMILES string of the molecule is CCCN1CCC(NC(=O)c2cc3ccc(OC)cc3nc2C)CC1. The summed E-state index contributed by atoms with van der Waals surface area (Å²) in [6, 6.07) is 7.92. The molecule has 1 amide bonds. The summed E-state index contributed by atoms with van der Waals surface area (Å²) >= 11 is 0. The minimum atomic E-state index is -0.0170. The van der Waals surface area contributed by atoms with E-state index in [-0.39, 0.29) is 11.9 Å². The molecule has 0 unspecified atom stereocenters. The van der Waals surface area contributed by atoms with Crippen molar-refractivity contribution in [3.05, 3.63) is 35.5 Å². The number of hydrogen-bond acceptors (Lipinski definition) is 4. The Hall–Kier alpha value is -2.14. The number of amides is 1. The number of nitrogens with one attached hydrogen (secondary N) is 1. The molecule has 134 valence electrons. The van der Waals surface area contributed by atoms with Crippen LogP contribution in [-0.2, 0) is 0 Å². The highest BCUT2D eigenvalue weighted by Gasteiger charge is 2.21. The normalized spacial score (nSPS) is 16.1. The zero-order valence-electron chi connectivity index (χ0n) is 15.3. The standard InChI is InChI=1S/C20H27N3O2/c1-4-9-23-10-7-16(8-11-23)22-20(24)18-12-15-5-6-17(25-3)13-19(15)21-14(18)2/h5-6,12-13,16H,4,7-11H2,1-3H3,(H,22,24). The molecule has 0 bridgehead atoms. The number of ether oxygens (including phenoxy) is 1. The zero-order chi connectivity index (χ0) is 17.8. The van der Waals surface area contributed by atoms with Gasteiger partial charge in [0.15, 0.2) is 0 Å². The summed E-state index contributed by atoms with van der Waals surface area (Å²) in [5, 5.41) is 4.15. The molecule has 0 radical (unpaired) electrons. The van der Waals surface area contributed by atoms with Crippen LogP contribution in [0.2, 0.25) is 0 Å². The van der Waals surface area contributed by atoms with Crippen molar-refractivity contribution in [3.8, 4) is 5.75 Å². The lowest BCUT2D eigenvalue weighted by atomic mass is 10.0. The van der Waals surface area contributed by atoms with E-state index in [0.717, 1.165) is 54.8 Å². The number of methoxy groups -OCH3 is 1. The van der Waals surface area contributed by atoms with Gasteiger partial charge in [-0.25, -0.2) is 0 Å². The maximum Gasteiger partial charge on any atom is 0.253 e. The van der Waals surface area contributed by atoms with Gasteiger partial charge in [0.05, 0.1) is 23.9 Å². The van der Waals surface area contributed by atoms with Crippen molar-refractivity contribution in [1.82, 2.24) is 15.2 Å². The van der Waals surface area contributed by atoms with Gasteiger partial charge < -0.3 is 15.0 Å². The predicted molar refractivity (Wildman–Crippen MR) is 100 cm³/mol. The third kappa shape index (κ3) is 4.10. The van der Waals surface area contributed by atoms with Crippen molar-refractivity contribution in [3.63, 3.8) is 0 Å². The molecule has 1 aromatic heterocycles. The minimum Gasteiger partial charge on any atom is -0.497 e. The molecular formula is C20H27N3O2. The van der Waals surface area contributed by atoms with Crippen molar-refractivity contribution in [2.45, 2.75) is 39.2 Å². The molecule has 2 aromatic rings. The average molecular weight is 341 g/mol. The van der Waals surface area contributed by atoms with Crippen LogP contribution in [0, 0.1) is 6.92 Å². The molecule has 0 atom stereocenters. The molecule has 1 N–H and O–H groups in total. The van der Waals surface area contributed by atoms with Gasteiger partial charge in [-0.15, -0.1) is 0 Å². The third-order valence-corrected chi connectivity index (χ3v) is 4.92. The van der Waals surface area contributed by atoms with Crippen molar-refractivity contribution in [1.29, 1.82) is 0 Å². The fraction of sp³-hybridized carbons (Fsp3) is 0.500. The number of piperidine rings is 1. The number of hydrogen-bond donors (Lipinski definition) is 1. The molecule has 0 saturated carbocycles. The molecule has 1 aromatic carbocycles. The Morgan fingerprint density at radius 3 is 2.76 bits per heavy atom. The Labute approximate surface area is 149 Å². The van der Waals surface area contributed by atoms with Gasteiger partial charge in [0, 0.05) is 30.6 Å². The first-order chi connectivity index (χ1) is 12.1. The van der Waals surface area contributed by atoms with Crippen LogP contribution in [-0.4, -0.2) is 48.6 Å². The van der Waals surface area contributed by atoms with Crippen LogP contribution >= 0.6 is 0 Å². The second-order valence-electron chi connectivity index (χ2n) is 6.77. The fourth-order valence-electron chi connectivity index (χ4n) is 3.48. The van der Waals surface area contributed by atoms with E-state index in [1.54, 1.807) is 7.11 Å². The van der Waals surface area contributed by atoms with Crippen molar-refractivity contribution >= 4 is 16.8 Å². The highest BCUT2D eigenvalue weighted by molar-refractivity contribution is 5.98. The Balaban J connectivity index is 1.71. The quantitative estimate of drug-likeness (QED) is 0.908. The van der Waals surface area contributed by atoms with Gasteiger partial charge >= 0.3 is 0 Å². The number of carbonyl (C=O) groups excluding carboxylic acids is 1. The zero-order valence-corrected chi connectivity index (χ0v) is 15.3. The Morgan fingerprint density at radius 2 is 2.08 bits per heavy atom. The van der Waals surface area contributed by atoms with Crippen LogP contribution in [0.25, 0.3) is 10.9 Å². The number of fused-ring (bicyclic) bond motifs is 1. The highest BCUT2D eigenvalue weighted by atomic mass is 16.5. The Bertz CT molecular complexity index is 752. The minimum absolute atomic E-state index is 0.0170. The topological polar surface area (TPSA) is 54.5 Å². The van der Waals surface area contributed by atoms with Crippen molar-refractivity contribution in [2.24, 2.45) is 0 Å². The van der Waals surface area contributed by atoms with Gasteiger partial charge in [-0.3, -0.25) is 9.78 Å². The largest absolute Gasteiger partial charge is 0.497 e. The van der Waals surface area contributed by atoms with Crippen molar-refractivity contribution in [2.75, 3.05) is 26.7 Å². The first kappa shape index (κ1) is 17.7.